The van der Waals surface area contributed by atoms with E-state index in [1.165, 1.54) is 14.0 Å². The van der Waals surface area contributed by atoms with E-state index >= 15 is 0 Å². The Morgan fingerprint density at radius 1 is 1.30 bits per heavy atom. The summed E-state index contributed by atoms with van der Waals surface area (Å²) in [4.78, 5) is 23.1. The van der Waals surface area contributed by atoms with Crippen LogP contribution in [0.5, 0.6) is 11.5 Å². The van der Waals surface area contributed by atoms with Crippen molar-refractivity contribution in [3.05, 3.63) is 23.8 Å². The number of ketones is 1. The molecule has 1 amide bonds. The minimum atomic E-state index is -0.212. The molecular weight excluding hydrogens is 258 g/mol. The zero-order chi connectivity index (χ0) is 15.1. The van der Waals surface area contributed by atoms with Crippen LogP contribution in [-0.2, 0) is 4.79 Å². The summed E-state index contributed by atoms with van der Waals surface area (Å²) in [6.07, 6.45) is 0. The van der Waals surface area contributed by atoms with Gasteiger partial charge in [0.2, 0.25) is 0 Å². The zero-order valence-electron chi connectivity index (χ0n) is 12.4. The van der Waals surface area contributed by atoms with Crippen LogP contribution in [0.15, 0.2) is 18.2 Å². The van der Waals surface area contributed by atoms with Crippen LogP contribution in [0.3, 0.4) is 0 Å². The van der Waals surface area contributed by atoms with Gasteiger partial charge in [0, 0.05) is 12.6 Å². The molecule has 1 aromatic rings. The Labute approximate surface area is 119 Å². The molecule has 0 aliphatic rings. The van der Waals surface area contributed by atoms with Crippen molar-refractivity contribution in [3.8, 4) is 11.5 Å². The molecule has 0 radical (unpaired) electrons. The van der Waals surface area contributed by atoms with Crippen LogP contribution in [0.2, 0.25) is 0 Å². The fourth-order valence-corrected chi connectivity index (χ4v) is 1.55. The van der Waals surface area contributed by atoms with Gasteiger partial charge in [-0.15, -0.1) is 0 Å². The summed E-state index contributed by atoms with van der Waals surface area (Å²) in [5.41, 5.74) is 0.433. The van der Waals surface area contributed by atoms with E-state index in [1.54, 1.807) is 18.2 Å². The number of ether oxygens (including phenoxy) is 2. The number of benzene rings is 1. The average molecular weight is 279 g/mol. The standard InChI is InChI=1S/C15H21NO4/c1-10(2)8-16-15(18)9-20-14-7-12(19-4)5-6-13(14)11(3)17/h5-7,10H,8-9H2,1-4H3,(H,16,18). The van der Waals surface area contributed by atoms with Crippen LogP contribution < -0.4 is 14.8 Å². The first-order valence-corrected chi connectivity index (χ1v) is 6.52. The first-order valence-electron chi connectivity index (χ1n) is 6.52. The smallest absolute Gasteiger partial charge is 0.257 e. The monoisotopic (exact) mass is 279 g/mol. The molecule has 5 heteroatoms. The van der Waals surface area contributed by atoms with Gasteiger partial charge in [-0.2, -0.15) is 0 Å². The van der Waals surface area contributed by atoms with Gasteiger partial charge >= 0.3 is 0 Å². The van der Waals surface area contributed by atoms with Gasteiger partial charge in [-0.25, -0.2) is 0 Å². The molecule has 0 saturated heterocycles. The molecular formula is C15H21NO4. The Balaban J connectivity index is 2.70. The average Bonchev–Trinajstić information content (AvgIpc) is 2.42. The highest BCUT2D eigenvalue weighted by Gasteiger charge is 2.12. The molecule has 20 heavy (non-hydrogen) atoms. The summed E-state index contributed by atoms with van der Waals surface area (Å²) in [5, 5.41) is 2.75. The normalized spacial score (nSPS) is 10.2. The molecule has 1 N–H and O–H groups in total. The van der Waals surface area contributed by atoms with E-state index < -0.39 is 0 Å². The van der Waals surface area contributed by atoms with Crippen LogP contribution in [0.4, 0.5) is 0 Å². The Hall–Kier alpha value is -2.04. The number of carbonyl (C=O) groups is 2. The lowest BCUT2D eigenvalue weighted by molar-refractivity contribution is -0.123. The lowest BCUT2D eigenvalue weighted by Crippen LogP contribution is -2.31. The molecule has 0 atom stereocenters. The summed E-state index contributed by atoms with van der Waals surface area (Å²) in [6.45, 7) is 5.95. The summed E-state index contributed by atoms with van der Waals surface area (Å²) in [7, 11) is 1.53. The van der Waals surface area contributed by atoms with E-state index in [-0.39, 0.29) is 18.3 Å². The summed E-state index contributed by atoms with van der Waals surface area (Å²) in [6, 6.07) is 4.91. The Kier molecular flexibility index (Phi) is 6.03. The molecule has 0 unspecified atom stereocenters. The van der Waals surface area contributed by atoms with Gasteiger partial charge in [0.15, 0.2) is 12.4 Å². The van der Waals surface area contributed by atoms with Crippen molar-refractivity contribution in [2.45, 2.75) is 20.8 Å². The number of Topliss-reactive ketones (excluding diaryl/α,β-unsaturated/α-hetero) is 1. The quantitative estimate of drug-likeness (QED) is 0.776. The van der Waals surface area contributed by atoms with Gasteiger partial charge in [0.05, 0.1) is 12.7 Å². The molecule has 0 spiro atoms. The number of amides is 1. The predicted octanol–water partition coefficient (Wildman–Crippen LogP) is 2.05. The van der Waals surface area contributed by atoms with E-state index in [0.29, 0.717) is 29.5 Å². The Bertz CT molecular complexity index is 483. The van der Waals surface area contributed by atoms with Crippen molar-refractivity contribution in [1.82, 2.24) is 5.32 Å². The molecule has 5 nitrogen and oxygen atoms in total. The van der Waals surface area contributed by atoms with Crippen LogP contribution >= 0.6 is 0 Å². The van der Waals surface area contributed by atoms with E-state index in [2.05, 4.69) is 5.32 Å². The maximum absolute atomic E-state index is 11.6. The third-order valence-electron chi connectivity index (χ3n) is 2.63. The number of nitrogens with one attached hydrogen (secondary N) is 1. The summed E-state index contributed by atoms with van der Waals surface area (Å²) in [5.74, 6) is 0.981. The molecule has 1 rings (SSSR count). The third-order valence-corrected chi connectivity index (χ3v) is 2.63. The van der Waals surface area contributed by atoms with Crippen molar-refractivity contribution in [2.75, 3.05) is 20.3 Å². The van der Waals surface area contributed by atoms with Crippen LogP contribution in [0, 0.1) is 5.92 Å². The second-order valence-electron chi connectivity index (χ2n) is 4.90. The van der Waals surface area contributed by atoms with Gasteiger partial charge < -0.3 is 14.8 Å². The van der Waals surface area contributed by atoms with Gasteiger partial charge in [0.1, 0.15) is 11.5 Å². The number of rotatable bonds is 7. The first kappa shape index (κ1) is 16.0. The van der Waals surface area contributed by atoms with Gasteiger partial charge in [-0.1, -0.05) is 13.8 Å². The van der Waals surface area contributed by atoms with E-state index in [1.807, 2.05) is 13.8 Å². The van der Waals surface area contributed by atoms with Gasteiger partial charge in [0.25, 0.3) is 5.91 Å². The molecule has 110 valence electrons. The van der Waals surface area contributed by atoms with E-state index in [9.17, 15) is 9.59 Å². The Morgan fingerprint density at radius 2 is 2.00 bits per heavy atom. The lowest BCUT2D eigenvalue weighted by atomic mass is 10.1. The molecule has 0 aliphatic heterocycles. The molecule has 0 heterocycles. The zero-order valence-corrected chi connectivity index (χ0v) is 12.4. The van der Waals surface area contributed by atoms with Crippen molar-refractivity contribution >= 4 is 11.7 Å². The van der Waals surface area contributed by atoms with Crippen LogP contribution in [0.1, 0.15) is 31.1 Å². The minimum absolute atomic E-state index is 0.120. The SMILES string of the molecule is COc1ccc(C(C)=O)c(OCC(=O)NCC(C)C)c1. The molecule has 0 aromatic heterocycles. The van der Waals surface area contributed by atoms with Crippen molar-refractivity contribution < 1.29 is 19.1 Å². The predicted molar refractivity (Wildman–Crippen MR) is 76.3 cm³/mol. The summed E-state index contributed by atoms with van der Waals surface area (Å²) < 4.78 is 10.5. The molecule has 0 aliphatic carbocycles. The number of carbonyl (C=O) groups excluding carboxylic acids is 2. The number of methoxy groups -OCH3 is 1. The van der Waals surface area contributed by atoms with Crippen LogP contribution in [-0.4, -0.2) is 32.0 Å². The van der Waals surface area contributed by atoms with Crippen molar-refractivity contribution in [3.63, 3.8) is 0 Å². The van der Waals surface area contributed by atoms with E-state index in [4.69, 9.17) is 9.47 Å². The second kappa shape index (κ2) is 7.53. The highest BCUT2D eigenvalue weighted by molar-refractivity contribution is 5.97. The topological polar surface area (TPSA) is 64.6 Å². The molecule has 0 bridgehead atoms. The maximum atomic E-state index is 11.6. The molecule has 1 aromatic carbocycles. The highest BCUT2D eigenvalue weighted by Crippen LogP contribution is 2.25. The highest BCUT2D eigenvalue weighted by atomic mass is 16.5. The largest absolute Gasteiger partial charge is 0.497 e. The number of hydrogen-bond acceptors (Lipinski definition) is 4. The Morgan fingerprint density at radius 3 is 2.55 bits per heavy atom. The van der Waals surface area contributed by atoms with Gasteiger partial charge in [-0.3, -0.25) is 9.59 Å². The van der Waals surface area contributed by atoms with Gasteiger partial charge in [-0.05, 0) is 25.0 Å². The van der Waals surface area contributed by atoms with E-state index in [0.717, 1.165) is 0 Å². The lowest BCUT2D eigenvalue weighted by Gasteiger charge is -2.12. The molecule has 0 fully saturated rings. The first-order chi connectivity index (χ1) is 9.43. The number of hydrogen-bond donors (Lipinski definition) is 1. The maximum Gasteiger partial charge on any atom is 0.257 e. The van der Waals surface area contributed by atoms with Crippen LogP contribution in [0.25, 0.3) is 0 Å². The fraction of sp³-hybridized carbons (Fsp3) is 0.467. The third kappa shape index (κ3) is 4.91. The molecule has 0 saturated carbocycles. The second-order valence-corrected chi connectivity index (χ2v) is 4.90. The van der Waals surface area contributed by atoms with Crippen molar-refractivity contribution in [1.29, 1.82) is 0 Å². The minimum Gasteiger partial charge on any atom is -0.497 e. The fourth-order valence-electron chi connectivity index (χ4n) is 1.55. The van der Waals surface area contributed by atoms with Crippen molar-refractivity contribution in [2.24, 2.45) is 5.92 Å². The summed E-state index contributed by atoms with van der Waals surface area (Å²) >= 11 is 0.